The van der Waals surface area contributed by atoms with Crippen LogP contribution in [0.4, 0.5) is 0 Å². The van der Waals surface area contributed by atoms with E-state index >= 15 is 0 Å². The summed E-state index contributed by atoms with van der Waals surface area (Å²) < 4.78 is 11.9. The van der Waals surface area contributed by atoms with Crippen molar-refractivity contribution >= 4 is 27.7 Å². The van der Waals surface area contributed by atoms with Gasteiger partial charge in [0, 0.05) is 29.9 Å². The van der Waals surface area contributed by atoms with Crippen LogP contribution < -0.4 is 14.8 Å². The van der Waals surface area contributed by atoms with Gasteiger partial charge in [0.1, 0.15) is 6.04 Å². The molecule has 1 fully saturated rings. The molecule has 1 saturated carbocycles. The molecule has 0 spiro atoms. The van der Waals surface area contributed by atoms with Gasteiger partial charge in [0.15, 0.2) is 11.5 Å². The lowest BCUT2D eigenvalue weighted by Crippen LogP contribution is -2.52. The Labute approximate surface area is 232 Å². The third kappa shape index (κ3) is 6.76. The lowest BCUT2D eigenvalue weighted by atomic mass is 10.0. The molecular weight excluding hydrogens is 544 g/mol. The Morgan fingerprint density at radius 3 is 2.45 bits per heavy atom. The molecule has 2 aliphatic rings. The van der Waals surface area contributed by atoms with Gasteiger partial charge in [-0.25, -0.2) is 0 Å². The predicted octanol–water partition coefficient (Wildman–Crippen LogP) is 5.81. The predicted molar refractivity (Wildman–Crippen MR) is 150 cm³/mol. The quantitative estimate of drug-likeness (QED) is 0.331. The molecule has 7 heteroatoms. The van der Waals surface area contributed by atoms with Crippen LogP contribution in [-0.2, 0) is 29.0 Å². The van der Waals surface area contributed by atoms with Gasteiger partial charge in [0.2, 0.25) is 18.6 Å². The Balaban J connectivity index is 1.40. The summed E-state index contributed by atoms with van der Waals surface area (Å²) in [6, 6.07) is 23.2. The van der Waals surface area contributed by atoms with E-state index in [0.29, 0.717) is 25.1 Å². The van der Waals surface area contributed by atoms with E-state index in [2.05, 4.69) is 21.2 Å². The second-order valence-electron chi connectivity index (χ2n) is 10.0. The molecule has 0 saturated heterocycles. The number of hydrogen-bond donors (Lipinski definition) is 1. The van der Waals surface area contributed by atoms with Crippen molar-refractivity contribution in [1.82, 2.24) is 10.2 Å². The third-order valence-corrected chi connectivity index (χ3v) is 7.77. The maximum absolute atomic E-state index is 13.9. The highest BCUT2D eigenvalue weighted by atomic mass is 79.9. The molecule has 3 aromatic carbocycles. The van der Waals surface area contributed by atoms with Gasteiger partial charge in [-0.15, -0.1) is 0 Å². The first-order valence-electron chi connectivity index (χ1n) is 13.3. The van der Waals surface area contributed by atoms with Gasteiger partial charge in [-0.2, -0.15) is 0 Å². The second kappa shape index (κ2) is 12.5. The molecule has 0 bridgehead atoms. The lowest BCUT2D eigenvalue weighted by Gasteiger charge is -2.32. The number of hydrogen-bond acceptors (Lipinski definition) is 4. The second-order valence-corrected chi connectivity index (χ2v) is 11.0. The minimum atomic E-state index is -0.610. The third-order valence-electron chi connectivity index (χ3n) is 7.28. The summed E-state index contributed by atoms with van der Waals surface area (Å²) in [6.07, 6.45) is 5.54. The number of rotatable bonds is 10. The fraction of sp³-hybridized carbons (Fsp3) is 0.355. The zero-order valence-electron chi connectivity index (χ0n) is 21.4. The van der Waals surface area contributed by atoms with E-state index in [4.69, 9.17) is 9.47 Å². The van der Waals surface area contributed by atoms with E-state index in [1.54, 1.807) is 4.90 Å². The first-order valence-corrected chi connectivity index (χ1v) is 14.1. The van der Waals surface area contributed by atoms with Crippen LogP contribution in [-0.4, -0.2) is 35.6 Å². The molecule has 0 radical (unpaired) electrons. The van der Waals surface area contributed by atoms with Gasteiger partial charge < -0.3 is 19.7 Å². The normalized spacial score (nSPS) is 15.3. The Bertz CT molecular complexity index is 1260. The van der Waals surface area contributed by atoms with Crippen molar-refractivity contribution in [2.75, 3.05) is 6.79 Å². The van der Waals surface area contributed by atoms with Crippen LogP contribution in [0, 0.1) is 0 Å². The molecule has 0 aromatic heterocycles. The number of nitrogens with zero attached hydrogens (tertiary/aromatic N) is 1. The molecule has 1 unspecified atom stereocenters. The summed E-state index contributed by atoms with van der Waals surface area (Å²) in [5, 5.41) is 3.26. The monoisotopic (exact) mass is 576 g/mol. The van der Waals surface area contributed by atoms with Crippen LogP contribution in [0.3, 0.4) is 0 Å². The molecule has 3 aromatic rings. The van der Waals surface area contributed by atoms with Crippen molar-refractivity contribution in [2.45, 2.75) is 63.6 Å². The van der Waals surface area contributed by atoms with Crippen molar-refractivity contribution in [3.8, 4) is 11.5 Å². The highest BCUT2D eigenvalue weighted by molar-refractivity contribution is 9.10. The highest BCUT2D eigenvalue weighted by Gasteiger charge is 2.32. The molecule has 5 rings (SSSR count). The summed E-state index contributed by atoms with van der Waals surface area (Å²) in [4.78, 5) is 29.4. The van der Waals surface area contributed by atoms with E-state index in [-0.39, 0.29) is 31.1 Å². The Hall–Kier alpha value is -3.32. The van der Waals surface area contributed by atoms with Crippen LogP contribution >= 0.6 is 15.9 Å². The van der Waals surface area contributed by atoms with Gasteiger partial charge >= 0.3 is 0 Å². The molecular formula is C31H33BrN2O4. The number of carbonyl (C=O) groups excluding carboxylic acids is 2. The molecule has 2 amide bonds. The fourth-order valence-electron chi connectivity index (χ4n) is 5.24. The van der Waals surface area contributed by atoms with Gasteiger partial charge in [-0.1, -0.05) is 77.3 Å². The van der Waals surface area contributed by atoms with Crippen molar-refractivity contribution in [3.63, 3.8) is 0 Å². The van der Waals surface area contributed by atoms with E-state index < -0.39 is 6.04 Å². The SMILES string of the molecule is O=C(NC1CCCC1)C(Cc1ccccc1)N(Cc1cccc(Br)c1)C(=O)CCc1ccc2c(c1)OCO2. The molecule has 6 nitrogen and oxygen atoms in total. The average Bonchev–Trinajstić information content (AvgIpc) is 3.61. The molecule has 1 heterocycles. The summed E-state index contributed by atoms with van der Waals surface area (Å²) in [5.74, 6) is 1.30. The first kappa shape index (κ1) is 26.3. The number of fused-ring (bicyclic) bond motifs is 1. The first-order chi connectivity index (χ1) is 18.5. The average molecular weight is 578 g/mol. The number of benzene rings is 3. The maximum Gasteiger partial charge on any atom is 0.243 e. The zero-order valence-corrected chi connectivity index (χ0v) is 23.0. The number of carbonyl (C=O) groups is 2. The zero-order chi connectivity index (χ0) is 26.3. The summed E-state index contributed by atoms with van der Waals surface area (Å²) in [7, 11) is 0. The minimum absolute atomic E-state index is 0.0508. The number of amides is 2. The highest BCUT2D eigenvalue weighted by Crippen LogP contribution is 2.33. The Kier molecular flexibility index (Phi) is 8.64. The number of aryl methyl sites for hydroxylation is 1. The smallest absolute Gasteiger partial charge is 0.243 e. The van der Waals surface area contributed by atoms with Crippen molar-refractivity contribution in [1.29, 1.82) is 0 Å². The van der Waals surface area contributed by atoms with Crippen molar-refractivity contribution < 1.29 is 19.1 Å². The van der Waals surface area contributed by atoms with Gasteiger partial charge in [0.05, 0.1) is 0 Å². The van der Waals surface area contributed by atoms with Crippen LogP contribution in [0.2, 0.25) is 0 Å². The van der Waals surface area contributed by atoms with E-state index in [9.17, 15) is 9.59 Å². The molecule has 38 heavy (non-hydrogen) atoms. The Morgan fingerprint density at radius 1 is 0.895 bits per heavy atom. The maximum atomic E-state index is 13.9. The fourth-order valence-corrected chi connectivity index (χ4v) is 5.69. The van der Waals surface area contributed by atoms with E-state index in [1.165, 1.54) is 0 Å². The minimum Gasteiger partial charge on any atom is -0.454 e. The van der Waals surface area contributed by atoms with Gasteiger partial charge in [0.25, 0.3) is 0 Å². The summed E-state index contributed by atoms with van der Waals surface area (Å²) in [5.41, 5.74) is 3.00. The topological polar surface area (TPSA) is 67.9 Å². The van der Waals surface area contributed by atoms with Crippen LogP contribution in [0.5, 0.6) is 11.5 Å². The molecule has 1 aliphatic heterocycles. The van der Waals surface area contributed by atoms with Crippen molar-refractivity contribution in [3.05, 3.63) is 94.0 Å². The molecule has 1 atom stereocenters. The van der Waals surface area contributed by atoms with Gasteiger partial charge in [-0.05, 0) is 60.2 Å². The van der Waals surface area contributed by atoms with Crippen LogP contribution in [0.15, 0.2) is 77.3 Å². The number of ether oxygens (including phenoxy) is 2. The van der Waals surface area contributed by atoms with E-state index in [1.807, 2.05) is 72.8 Å². The number of halogens is 1. The van der Waals surface area contributed by atoms with E-state index in [0.717, 1.165) is 52.6 Å². The van der Waals surface area contributed by atoms with Crippen molar-refractivity contribution in [2.24, 2.45) is 0 Å². The summed E-state index contributed by atoms with van der Waals surface area (Å²) in [6.45, 7) is 0.574. The largest absolute Gasteiger partial charge is 0.454 e. The standard InChI is InChI=1S/C31H33BrN2O4/c32-25-10-6-9-24(17-25)20-34(30(35)16-14-23-13-15-28-29(19-23)38-21-37-28)27(18-22-7-2-1-3-8-22)31(36)33-26-11-4-5-12-26/h1-3,6-10,13,15,17,19,26-27H,4-5,11-12,14,16,18,20-21H2,(H,33,36). The molecule has 1 aliphatic carbocycles. The van der Waals surface area contributed by atoms with Crippen LogP contribution in [0.1, 0.15) is 48.8 Å². The van der Waals surface area contributed by atoms with Crippen LogP contribution in [0.25, 0.3) is 0 Å². The molecule has 198 valence electrons. The molecule has 1 N–H and O–H groups in total. The summed E-state index contributed by atoms with van der Waals surface area (Å²) >= 11 is 3.55. The lowest BCUT2D eigenvalue weighted by molar-refractivity contribution is -0.141. The van der Waals surface area contributed by atoms with Gasteiger partial charge in [-0.3, -0.25) is 9.59 Å². The number of nitrogens with one attached hydrogen (secondary N) is 1. The Morgan fingerprint density at radius 2 is 1.66 bits per heavy atom.